The fraction of sp³-hybridized carbons (Fsp3) is 0.750. The van der Waals surface area contributed by atoms with Gasteiger partial charge in [-0.2, -0.15) is 0 Å². The van der Waals surface area contributed by atoms with Gasteiger partial charge in [0.2, 0.25) is 11.8 Å². The number of carboxylic acids is 1. The smallest absolute Gasteiger partial charge is 0.304 e. The van der Waals surface area contributed by atoms with Crippen molar-refractivity contribution in [1.82, 2.24) is 10.2 Å². The first kappa shape index (κ1) is 15.8. The standard InChI is InChI=1S/C12H20N2O4S/c1-8(5-12(17)18)19-7-11(16)14(2)6-10(15)13-9-3-4-9/h8-9H,3-7H2,1-2H3,(H,13,15)(H,17,18). The fourth-order valence-corrected chi connectivity index (χ4v) is 2.34. The van der Waals surface area contributed by atoms with Crippen LogP contribution >= 0.6 is 11.8 Å². The molecule has 0 radical (unpaired) electrons. The molecule has 0 bridgehead atoms. The minimum atomic E-state index is -0.871. The Morgan fingerprint density at radius 3 is 2.58 bits per heavy atom. The molecule has 0 aromatic heterocycles. The van der Waals surface area contributed by atoms with Crippen LogP contribution in [-0.4, -0.2) is 58.4 Å². The van der Waals surface area contributed by atoms with Crippen LogP contribution in [0.5, 0.6) is 0 Å². The minimum Gasteiger partial charge on any atom is -0.481 e. The lowest BCUT2D eigenvalue weighted by Crippen LogP contribution is -2.40. The van der Waals surface area contributed by atoms with E-state index in [9.17, 15) is 14.4 Å². The average Bonchev–Trinajstić information content (AvgIpc) is 3.08. The first-order valence-electron chi connectivity index (χ1n) is 6.25. The van der Waals surface area contributed by atoms with Gasteiger partial charge >= 0.3 is 5.97 Å². The second kappa shape index (κ2) is 7.37. The van der Waals surface area contributed by atoms with E-state index in [1.54, 1.807) is 14.0 Å². The van der Waals surface area contributed by atoms with Crippen LogP contribution in [0.4, 0.5) is 0 Å². The fourth-order valence-electron chi connectivity index (χ4n) is 1.43. The predicted octanol–water partition coefficient (Wildman–Crippen LogP) is 0.320. The van der Waals surface area contributed by atoms with Gasteiger partial charge < -0.3 is 15.3 Å². The maximum absolute atomic E-state index is 11.7. The zero-order valence-electron chi connectivity index (χ0n) is 11.2. The van der Waals surface area contributed by atoms with Gasteiger partial charge in [0.1, 0.15) is 0 Å². The predicted molar refractivity (Wildman–Crippen MR) is 73.0 cm³/mol. The lowest BCUT2D eigenvalue weighted by Gasteiger charge is -2.17. The largest absolute Gasteiger partial charge is 0.481 e. The summed E-state index contributed by atoms with van der Waals surface area (Å²) < 4.78 is 0. The molecule has 0 aliphatic heterocycles. The summed E-state index contributed by atoms with van der Waals surface area (Å²) >= 11 is 1.29. The van der Waals surface area contributed by atoms with Gasteiger partial charge in [-0.3, -0.25) is 14.4 Å². The number of aliphatic carboxylic acids is 1. The van der Waals surface area contributed by atoms with E-state index in [0.717, 1.165) is 12.8 Å². The van der Waals surface area contributed by atoms with Gasteiger partial charge in [0.15, 0.2) is 0 Å². The molecule has 0 heterocycles. The van der Waals surface area contributed by atoms with Crippen LogP contribution < -0.4 is 5.32 Å². The van der Waals surface area contributed by atoms with E-state index in [0.29, 0.717) is 6.04 Å². The number of carboxylic acid groups (broad SMARTS) is 1. The van der Waals surface area contributed by atoms with E-state index in [4.69, 9.17) is 5.11 Å². The van der Waals surface area contributed by atoms with Crippen molar-refractivity contribution in [3.05, 3.63) is 0 Å². The van der Waals surface area contributed by atoms with Crippen LogP contribution in [0.15, 0.2) is 0 Å². The van der Waals surface area contributed by atoms with E-state index in [-0.39, 0.29) is 35.8 Å². The second-order valence-electron chi connectivity index (χ2n) is 4.81. The number of carbonyl (C=O) groups is 3. The highest BCUT2D eigenvalue weighted by Crippen LogP contribution is 2.18. The SMILES string of the molecule is CC(CC(=O)O)SCC(=O)N(C)CC(=O)NC1CC1. The van der Waals surface area contributed by atoms with Crippen molar-refractivity contribution in [2.45, 2.75) is 37.5 Å². The molecule has 1 aliphatic carbocycles. The number of amides is 2. The molecule has 1 aliphatic rings. The highest BCUT2D eigenvalue weighted by Gasteiger charge is 2.24. The number of hydrogen-bond donors (Lipinski definition) is 2. The molecule has 0 saturated heterocycles. The van der Waals surface area contributed by atoms with E-state index < -0.39 is 5.97 Å². The summed E-state index contributed by atoms with van der Waals surface area (Å²) in [6.07, 6.45) is 2.07. The highest BCUT2D eigenvalue weighted by molar-refractivity contribution is 8.00. The third-order valence-corrected chi connectivity index (χ3v) is 3.85. The first-order valence-corrected chi connectivity index (χ1v) is 7.30. The molecular weight excluding hydrogens is 268 g/mol. The molecule has 7 heteroatoms. The lowest BCUT2D eigenvalue weighted by atomic mass is 10.3. The van der Waals surface area contributed by atoms with E-state index in [2.05, 4.69) is 5.32 Å². The number of nitrogens with one attached hydrogen (secondary N) is 1. The summed E-state index contributed by atoms with van der Waals surface area (Å²) in [5.74, 6) is -0.971. The van der Waals surface area contributed by atoms with Gasteiger partial charge in [0.05, 0.1) is 18.7 Å². The number of nitrogens with zero attached hydrogens (tertiary/aromatic N) is 1. The monoisotopic (exact) mass is 288 g/mol. The number of likely N-dealkylation sites (N-methyl/N-ethyl adjacent to an activating group) is 1. The Balaban J connectivity index is 2.19. The molecule has 2 N–H and O–H groups in total. The van der Waals surface area contributed by atoms with Gasteiger partial charge in [-0.15, -0.1) is 11.8 Å². The number of carbonyl (C=O) groups excluding carboxylic acids is 2. The molecule has 0 aromatic carbocycles. The Hall–Kier alpha value is -1.24. The van der Waals surface area contributed by atoms with Gasteiger partial charge in [0, 0.05) is 18.3 Å². The Labute approximate surface area is 116 Å². The summed E-state index contributed by atoms with van der Waals surface area (Å²) in [6.45, 7) is 1.83. The molecule has 1 atom stereocenters. The van der Waals surface area contributed by atoms with E-state index >= 15 is 0 Å². The summed E-state index contributed by atoms with van der Waals surface area (Å²) in [7, 11) is 1.58. The van der Waals surface area contributed by atoms with Crippen molar-refractivity contribution < 1.29 is 19.5 Å². The maximum atomic E-state index is 11.7. The third kappa shape index (κ3) is 7.05. The molecule has 1 unspecified atom stereocenters. The van der Waals surface area contributed by atoms with Crippen LogP contribution in [0.3, 0.4) is 0 Å². The molecular formula is C12H20N2O4S. The van der Waals surface area contributed by atoms with Crippen LogP contribution in [0.25, 0.3) is 0 Å². The van der Waals surface area contributed by atoms with Gasteiger partial charge in [-0.05, 0) is 12.8 Å². The van der Waals surface area contributed by atoms with Crippen LogP contribution in [-0.2, 0) is 14.4 Å². The Morgan fingerprint density at radius 2 is 2.05 bits per heavy atom. The Bertz CT molecular complexity index is 358. The van der Waals surface area contributed by atoms with Gasteiger partial charge in [-0.25, -0.2) is 0 Å². The molecule has 1 fully saturated rings. The van der Waals surface area contributed by atoms with Crippen molar-refractivity contribution in [1.29, 1.82) is 0 Å². The molecule has 1 rings (SSSR count). The first-order chi connectivity index (χ1) is 8.88. The molecule has 1 saturated carbocycles. The van der Waals surface area contributed by atoms with Gasteiger partial charge in [-0.1, -0.05) is 6.92 Å². The molecule has 108 valence electrons. The Morgan fingerprint density at radius 1 is 1.42 bits per heavy atom. The van der Waals surface area contributed by atoms with Crippen LogP contribution in [0.1, 0.15) is 26.2 Å². The van der Waals surface area contributed by atoms with Crippen LogP contribution in [0.2, 0.25) is 0 Å². The van der Waals surface area contributed by atoms with Crippen molar-refractivity contribution in [2.24, 2.45) is 0 Å². The molecule has 19 heavy (non-hydrogen) atoms. The van der Waals surface area contributed by atoms with Crippen molar-refractivity contribution in [3.8, 4) is 0 Å². The Kier molecular flexibility index (Phi) is 6.14. The summed E-state index contributed by atoms with van der Waals surface area (Å²) in [5.41, 5.74) is 0. The summed E-state index contributed by atoms with van der Waals surface area (Å²) in [4.78, 5) is 35.1. The summed E-state index contributed by atoms with van der Waals surface area (Å²) in [6, 6.07) is 0.293. The highest BCUT2D eigenvalue weighted by atomic mass is 32.2. The lowest BCUT2D eigenvalue weighted by molar-refractivity contribution is -0.137. The zero-order chi connectivity index (χ0) is 14.4. The average molecular weight is 288 g/mol. The summed E-state index contributed by atoms with van der Waals surface area (Å²) in [5, 5.41) is 11.3. The van der Waals surface area contributed by atoms with Crippen molar-refractivity contribution >= 4 is 29.5 Å². The quantitative estimate of drug-likeness (QED) is 0.672. The van der Waals surface area contributed by atoms with Gasteiger partial charge in [0.25, 0.3) is 0 Å². The topological polar surface area (TPSA) is 86.7 Å². The van der Waals surface area contributed by atoms with E-state index in [1.807, 2.05) is 0 Å². The second-order valence-corrected chi connectivity index (χ2v) is 6.24. The molecule has 2 amide bonds. The van der Waals surface area contributed by atoms with Crippen molar-refractivity contribution in [2.75, 3.05) is 19.3 Å². The number of thioether (sulfide) groups is 1. The number of rotatable bonds is 8. The molecule has 0 aromatic rings. The maximum Gasteiger partial charge on any atom is 0.304 e. The number of hydrogen-bond acceptors (Lipinski definition) is 4. The third-order valence-electron chi connectivity index (χ3n) is 2.70. The molecule has 6 nitrogen and oxygen atoms in total. The normalized spacial score (nSPS) is 15.7. The molecule has 0 spiro atoms. The van der Waals surface area contributed by atoms with Crippen molar-refractivity contribution in [3.63, 3.8) is 0 Å². The van der Waals surface area contributed by atoms with Crippen LogP contribution in [0, 0.1) is 0 Å². The zero-order valence-corrected chi connectivity index (χ0v) is 12.0. The van der Waals surface area contributed by atoms with E-state index in [1.165, 1.54) is 16.7 Å². The minimum absolute atomic E-state index is 0.0316.